The Labute approximate surface area is 191 Å². The van der Waals surface area contributed by atoms with E-state index in [1.54, 1.807) is 0 Å². The first-order valence-electron chi connectivity index (χ1n) is 12.3. The van der Waals surface area contributed by atoms with Gasteiger partial charge in [0.1, 0.15) is 0 Å². The SMILES string of the molecule is CCCCCCCCCCOP(=O)(OCCCCCCCCCC)OP(=O)(OC)OC. The van der Waals surface area contributed by atoms with Gasteiger partial charge in [-0.15, -0.1) is 0 Å². The van der Waals surface area contributed by atoms with Gasteiger partial charge in [-0.3, -0.25) is 18.1 Å². The summed E-state index contributed by atoms with van der Waals surface area (Å²) in [6, 6.07) is 0. The molecule has 0 aromatic rings. The smallest absolute Gasteiger partial charge is 0.290 e. The fourth-order valence-corrected chi connectivity index (χ4v) is 5.99. The van der Waals surface area contributed by atoms with Crippen molar-refractivity contribution in [2.24, 2.45) is 0 Å². The second kappa shape index (κ2) is 20.8. The van der Waals surface area contributed by atoms with E-state index in [1.165, 1.54) is 78.4 Å². The van der Waals surface area contributed by atoms with Gasteiger partial charge in [-0.25, -0.2) is 9.13 Å². The molecule has 0 amide bonds. The van der Waals surface area contributed by atoms with Gasteiger partial charge in [0.25, 0.3) is 0 Å². The molecule has 0 aliphatic heterocycles. The molecule has 0 saturated carbocycles. The van der Waals surface area contributed by atoms with Crippen LogP contribution in [-0.2, 0) is 31.5 Å². The zero-order valence-corrected chi connectivity index (χ0v) is 22.3. The number of rotatable bonds is 24. The molecule has 31 heavy (non-hydrogen) atoms. The van der Waals surface area contributed by atoms with Crippen LogP contribution in [0.25, 0.3) is 0 Å². The highest BCUT2D eigenvalue weighted by Gasteiger charge is 2.39. The highest BCUT2D eigenvalue weighted by atomic mass is 31.3. The topological polar surface area (TPSA) is 80.3 Å². The van der Waals surface area contributed by atoms with E-state index in [-0.39, 0.29) is 13.2 Å². The van der Waals surface area contributed by atoms with Crippen molar-refractivity contribution >= 4 is 15.6 Å². The maximum Gasteiger partial charge on any atom is 0.483 e. The summed E-state index contributed by atoms with van der Waals surface area (Å²) in [7, 11) is -5.65. The first-order valence-corrected chi connectivity index (χ1v) is 15.2. The molecule has 0 fully saturated rings. The van der Waals surface area contributed by atoms with Gasteiger partial charge in [0.2, 0.25) is 0 Å². The van der Waals surface area contributed by atoms with E-state index < -0.39 is 15.6 Å². The van der Waals surface area contributed by atoms with Crippen LogP contribution in [0.3, 0.4) is 0 Å². The van der Waals surface area contributed by atoms with Crippen LogP contribution in [0, 0.1) is 0 Å². The molecular weight excluding hydrogens is 438 g/mol. The molecule has 0 radical (unpaired) electrons. The number of unbranched alkanes of at least 4 members (excludes halogenated alkanes) is 14. The Morgan fingerprint density at radius 3 is 1.13 bits per heavy atom. The summed E-state index contributed by atoms with van der Waals surface area (Å²) in [6.07, 6.45) is 18.2. The Balaban J connectivity index is 4.24. The third-order valence-electron chi connectivity index (χ3n) is 5.14. The predicted molar refractivity (Wildman–Crippen MR) is 127 cm³/mol. The third-order valence-corrected chi connectivity index (χ3v) is 8.63. The van der Waals surface area contributed by atoms with E-state index in [2.05, 4.69) is 13.8 Å². The van der Waals surface area contributed by atoms with Gasteiger partial charge in [-0.05, 0) is 12.8 Å². The quantitative estimate of drug-likeness (QED) is 0.0995. The summed E-state index contributed by atoms with van der Waals surface area (Å²) in [4.78, 5) is 0. The molecule has 0 aliphatic rings. The van der Waals surface area contributed by atoms with Crippen molar-refractivity contribution in [1.29, 1.82) is 0 Å². The van der Waals surface area contributed by atoms with E-state index in [4.69, 9.17) is 22.4 Å². The van der Waals surface area contributed by atoms with E-state index in [0.29, 0.717) is 0 Å². The number of hydrogen-bond donors (Lipinski definition) is 0. The van der Waals surface area contributed by atoms with Crippen molar-refractivity contribution in [3.63, 3.8) is 0 Å². The van der Waals surface area contributed by atoms with E-state index in [1.807, 2.05) is 0 Å². The standard InChI is InChI=1S/C22H48O7P2/c1-5-7-9-11-13-15-17-19-21-27-31(24,29-30(23,25-3)26-4)28-22-20-18-16-14-12-10-8-6-2/h5-22H2,1-4H3. The van der Waals surface area contributed by atoms with Crippen LogP contribution in [0.2, 0.25) is 0 Å². The molecule has 0 aliphatic carbocycles. The van der Waals surface area contributed by atoms with Gasteiger partial charge in [0.05, 0.1) is 13.2 Å². The summed E-state index contributed by atoms with van der Waals surface area (Å²) in [5.41, 5.74) is 0. The lowest BCUT2D eigenvalue weighted by Gasteiger charge is -2.21. The second-order valence-electron chi connectivity index (χ2n) is 7.96. The molecule has 0 bridgehead atoms. The highest BCUT2D eigenvalue weighted by Crippen LogP contribution is 2.65. The Bertz CT molecular complexity index is 454. The average Bonchev–Trinajstić information content (AvgIpc) is 2.77. The van der Waals surface area contributed by atoms with Crippen LogP contribution in [0.4, 0.5) is 0 Å². The van der Waals surface area contributed by atoms with Crippen molar-refractivity contribution in [1.82, 2.24) is 0 Å². The fourth-order valence-electron chi connectivity index (χ4n) is 3.17. The Hall–Kier alpha value is 0.260. The highest BCUT2D eigenvalue weighted by molar-refractivity contribution is 7.62. The average molecular weight is 487 g/mol. The minimum absolute atomic E-state index is 0.219. The van der Waals surface area contributed by atoms with Crippen molar-refractivity contribution in [3.8, 4) is 0 Å². The maximum atomic E-state index is 13.0. The molecule has 0 aromatic carbocycles. The molecule has 0 atom stereocenters. The van der Waals surface area contributed by atoms with Crippen LogP contribution < -0.4 is 0 Å². The van der Waals surface area contributed by atoms with Crippen molar-refractivity contribution in [2.75, 3.05) is 27.4 Å². The van der Waals surface area contributed by atoms with Crippen molar-refractivity contribution in [2.45, 2.75) is 117 Å². The molecule has 0 aromatic heterocycles. The zero-order chi connectivity index (χ0) is 23.3. The van der Waals surface area contributed by atoms with Crippen LogP contribution >= 0.6 is 15.6 Å². The van der Waals surface area contributed by atoms with Gasteiger partial charge in [-0.2, -0.15) is 4.31 Å². The Morgan fingerprint density at radius 1 is 0.484 bits per heavy atom. The third kappa shape index (κ3) is 18.4. The molecule has 0 unspecified atom stereocenters. The number of phosphoric ester groups is 2. The summed E-state index contributed by atoms with van der Waals surface area (Å²) >= 11 is 0. The number of phosphoric acid groups is 2. The molecule has 7 nitrogen and oxygen atoms in total. The molecule has 0 spiro atoms. The summed E-state index contributed by atoms with van der Waals surface area (Å²) < 4.78 is 50.7. The van der Waals surface area contributed by atoms with Gasteiger partial charge in [-0.1, -0.05) is 104 Å². The van der Waals surface area contributed by atoms with Crippen molar-refractivity contribution < 1.29 is 31.5 Å². The van der Waals surface area contributed by atoms with Crippen molar-refractivity contribution in [3.05, 3.63) is 0 Å². The maximum absolute atomic E-state index is 13.0. The van der Waals surface area contributed by atoms with E-state index in [0.717, 1.165) is 38.5 Å². The predicted octanol–water partition coefficient (Wildman–Crippen LogP) is 8.83. The summed E-state index contributed by atoms with van der Waals surface area (Å²) in [6.45, 7) is 4.86. The van der Waals surface area contributed by atoms with Gasteiger partial charge in [0.15, 0.2) is 0 Å². The molecule has 0 N–H and O–H groups in total. The summed E-state index contributed by atoms with van der Waals surface area (Å²) in [5, 5.41) is 0. The molecule has 0 saturated heterocycles. The fraction of sp³-hybridized carbons (Fsp3) is 1.00. The first kappa shape index (κ1) is 31.3. The van der Waals surface area contributed by atoms with Crippen LogP contribution in [-0.4, -0.2) is 27.4 Å². The van der Waals surface area contributed by atoms with Crippen LogP contribution in [0.5, 0.6) is 0 Å². The molecule has 0 rings (SSSR count). The van der Waals surface area contributed by atoms with Crippen LogP contribution in [0.1, 0.15) is 117 Å². The Morgan fingerprint density at radius 2 is 0.806 bits per heavy atom. The van der Waals surface area contributed by atoms with Gasteiger partial charge in [0, 0.05) is 14.2 Å². The monoisotopic (exact) mass is 486 g/mol. The minimum atomic E-state index is -4.03. The molecule has 188 valence electrons. The minimum Gasteiger partial charge on any atom is -0.290 e. The number of hydrogen-bond acceptors (Lipinski definition) is 7. The normalized spacial score (nSPS) is 12.5. The molecule has 9 heteroatoms. The zero-order valence-electron chi connectivity index (χ0n) is 20.5. The first-order chi connectivity index (χ1) is 14.9. The Kier molecular flexibility index (Phi) is 21.0. The largest absolute Gasteiger partial charge is 0.483 e. The lowest BCUT2D eigenvalue weighted by Crippen LogP contribution is -2.04. The lowest BCUT2D eigenvalue weighted by molar-refractivity contribution is 0.124. The van der Waals surface area contributed by atoms with Crippen LogP contribution in [0.15, 0.2) is 0 Å². The van der Waals surface area contributed by atoms with E-state index >= 15 is 0 Å². The van der Waals surface area contributed by atoms with E-state index in [9.17, 15) is 9.13 Å². The van der Waals surface area contributed by atoms with Gasteiger partial charge >= 0.3 is 15.6 Å². The molecule has 0 heterocycles. The summed E-state index contributed by atoms with van der Waals surface area (Å²) in [5.74, 6) is 0. The molecular formula is C22H48O7P2. The van der Waals surface area contributed by atoms with Gasteiger partial charge < -0.3 is 0 Å². The lowest BCUT2D eigenvalue weighted by atomic mass is 10.1. The second-order valence-corrected chi connectivity index (χ2v) is 11.6.